The number of carbonyl (C=O) groups excluding carboxylic acids is 1. The first kappa shape index (κ1) is 24.8. The van der Waals surface area contributed by atoms with Crippen LogP contribution in [-0.4, -0.2) is 39.9 Å². The lowest BCUT2D eigenvalue weighted by Crippen LogP contribution is -2.46. The minimum atomic E-state index is -3.85. The number of rotatable bonds is 11. The molecule has 2 aromatic rings. The number of hydrogen-bond donors (Lipinski definition) is 4. The fraction of sp³-hybridized carbons (Fsp3) is 0.391. The van der Waals surface area contributed by atoms with Crippen molar-refractivity contribution in [2.24, 2.45) is 17.6 Å². The van der Waals surface area contributed by atoms with Crippen molar-refractivity contribution in [3.05, 3.63) is 71.8 Å². The van der Waals surface area contributed by atoms with Crippen LogP contribution in [0.2, 0.25) is 0 Å². The first-order valence-electron chi connectivity index (χ1n) is 10.3. The highest BCUT2D eigenvalue weighted by Gasteiger charge is 2.36. The van der Waals surface area contributed by atoms with Crippen molar-refractivity contribution in [1.82, 2.24) is 5.32 Å². The van der Waals surface area contributed by atoms with Crippen molar-refractivity contribution < 1.29 is 24.2 Å². The molecular weight excluding hydrogens is 415 g/mol. The van der Waals surface area contributed by atoms with Gasteiger partial charge in [-0.15, -0.1) is 0 Å². The maximum absolute atomic E-state index is 13.1. The molecule has 0 bridgehead atoms. The molecule has 1 amide bonds. The fourth-order valence-corrected chi connectivity index (χ4v) is 5.48. The SMILES string of the molecule is CC(C)[C@H](N)P(=O)(O)C[C@@H](Cc1ccccc1)C(=O)N[C@@H](Cc1ccccc1)C(=O)O. The van der Waals surface area contributed by atoms with E-state index in [-0.39, 0.29) is 24.9 Å². The van der Waals surface area contributed by atoms with Gasteiger partial charge in [-0.2, -0.15) is 0 Å². The van der Waals surface area contributed by atoms with Crippen LogP contribution in [0.15, 0.2) is 60.7 Å². The standard InChI is InChI=1S/C23H31N2O5P/c1-16(2)21(24)31(29,30)15-19(13-17-9-5-3-6-10-17)22(26)25-20(23(27)28)14-18-11-7-4-8-12-18/h3-12,16,19-21H,13-15,24H2,1-2H3,(H,25,26)(H,27,28)(H,29,30)/t19-,20+,21-/m1/s1. The van der Waals surface area contributed by atoms with Crippen LogP contribution in [0.1, 0.15) is 25.0 Å². The van der Waals surface area contributed by atoms with Gasteiger partial charge in [0.05, 0.1) is 11.7 Å². The van der Waals surface area contributed by atoms with Crippen molar-refractivity contribution >= 4 is 19.2 Å². The Kier molecular flexibility index (Phi) is 8.99. The molecule has 2 rings (SSSR count). The molecule has 0 fully saturated rings. The number of carboxylic acid groups (broad SMARTS) is 1. The van der Waals surface area contributed by atoms with Crippen molar-refractivity contribution in [2.45, 2.75) is 38.5 Å². The Morgan fingerprint density at radius 3 is 1.90 bits per heavy atom. The zero-order valence-corrected chi connectivity index (χ0v) is 18.7. The Labute approximate surface area is 183 Å². The highest BCUT2D eigenvalue weighted by molar-refractivity contribution is 7.58. The predicted molar refractivity (Wildman–Crippen MR) is 121 cm³/mol. The van der Waals surface area contributed by atoms with Gasteiger partial charge in [-0.3, -0.25) is 9.36 Å². The molecule has 0 saturated heterocycles. The smallest absolute Gasteiger partial charge is 0.326 e. The molecule has 4 atom stereocenters. The van der Waals surface area contributed by atoms with E-state index in [9.17, 15) is 24.2 Å². The molecule has 0 saturated carbocycles. The van der Waals surface area contributed by atoms with Gasteiger partial charge in [0.2, 0.25) is 13.3 Å². The quantitative estimate of drug-likeness (QED) is 0.393. The minimum Gasteiger partial charge on any atom is -0.480 e. The van der Waals surface area contributed by atoms with E-state index in [4.69, 9.17) is 5.73 Å². The zero-order valence-electron chi connectivity index (χ0n) is 17.8. The molecule has 1 unspecified atom stereocenters. The summed E-state index contributed by atoms with van der Waals surface area (Å²) in [7, 11) is -3.85. The van der Waals surface area contributed by atoms with E-state index in [1.807, 2.05) is 36.4 Å². The maximum Gasteiger partial charge on any atom is 0.326 e. The molecule has 0 heterocycles. The Bertz CT molecular complexity index is 905. The van der Waals surface area contributed by atoms with Crippen LogP contribution >= 0.6 is 7.37 Å². The Morgan fingerprint density at radius 2 is 1.45 bits per heavy atom. The van der Waals surface area contributed by atoms with Crippen LogP contribution in [0.25, 0.3) is 0 Å². The highest BCUT2D eigenvalue weighted by atomic mass is 31.2. The van der Waals surface area contributed by atoms with Gasteiger partial charge in [0.25, 0.3) is 0 Å². The molecule has 7 nitrogen and oxygen atoms in total. The predicted octanol–water partition coefficient (Wildman–Crippen LogP) is 2.87. The van der Waals surface area contributed by atoms with E-state index < -0.39 is 37.0 Å². The largest absolute Gasteiger partial charge is 0.480 e. The van der Waals surface area contributed by atoms with Gasteiger partial charge >= 0.3 is 5.97 Å². The lowest BCUT2D eigenvalue weighted by molar-refractivity contribution is -0.142. The number of carbonyl (C=O) groups is 2. The van der Waals surface area contributed by atoms with E-state index in [1.54, 1.807) is 38.1 Å². The molecule has 0 aliphatic carbocycles. The molecular formula is C23H31N2O5P. The summed E-state index contributed by atoms with van der Waals surface area (Å²) in [4.78, 5) is 35.4. The van der Waals surface area contributed by atoms with Gasteiger partial charge in [-0.25, -0.2) is 4.79 Å². The molecule has 0 radical (unpaired) electrons. The van der Waals surface area contributed by atoms with Crippen molar-refractivity contribution in [3.63, 3.8) is 0 Å². The van der Waals surface area contributed by atoms with Gasteiger partial charge < -0.3 is 21.1 Å². The van der Waals surface area contributed by atoms with Crippen LogP contribution in [0.5, 0.6) is 0 Å². The Morgan fingerprint density at radius 1 is 0.968 bits per heavy atom. The first-order valence-corrected chi connectivity index (χ1v) is 12.2. The summed E-state index contributed by atoms with van der Waals surface area (Å²) in [6.07, 6.45) is 0.00668. The number of hydrogen-bond acceptors (Lipinski definition) is 4. The van der Waals surface area contributed by atoms with Crippen LogP contribution in [0.3, 0.4) is 0 Å². The number of nitrogens with two attached hydrogens (primary N) is 1. The van der Waals surface area contributed by atoms with E-state index in [0.717, 1.165) is 11.1 Å². The number of nitrogens with one attached hydrogen (secondary N) is 1. The third-order valence-corrected chi connectivity index (χ3v) is 7.72. The summed E-state index contributed by atoms with van der Waals surface area (Å²) in [5.74, 6) is -3.82. The maximum atomic E-state index is 13.1. The normalized spacial score (nSPS) is 16.2. The Hall–Kier alpha value is -2.47. The highest BCUT2D eigenvalue weighted by Crippen LogP contribution is 2.48. The lowest BCUT2D eigenvalue weighted by Gasteiger charge is -2.27. The summed E-state index contributed by atoms with van der Waals surface area (Å²) in [6.45, 7) is 3.50. The van der Waals surface area contributed by atoms with Crippen LogP contribution in [-0.2, 0) is 27.0 Å². The summed E-state index contributed by atoms with van der Waals surface area (Å²) < 4.78 is 12.9. The van der Waals surface area contributed by atoms with Crippen molar-refractivity contribution in [1.29, 1.82) is 0 Å². The second kappa shape index (κ2) is 11.2. The van der Waals surface area contributed by atoms with Crippen LogP contribution in [0.4, 0.5) is 0 Å². The van der Waals surface area contributed by atoms with Gasteiger partial charge in [-0.1, -0.05) is 74.5 Å². The molecule has 0 aliphatic heterocycles. The van der Waals surface area contributed by atoms with Crippen LogP contribution < -0.4 is 11.1 Å². The monoisotopic (exact) mass is 446 g/mol. The fourth-order valence-electron chi connectivity index (χ4n) is 3.38. The van der Waals surface area contributed by atoms with Crippen LogP contribution in [0, 0.1) is 11.8 Å². The van der Waals surface area contributed by atoms with E-state index in [2.05, 4.69) is 5.32 Å². The number of aliphatic carboxylic acids is 1. The van der Waals surface area contributed by atoms with E-state index in [1.165, 1.54) is 0 Å². The minimum absolute atomic E-state index is 0.113. The molecule has 168 valence electrons. The molecule has 31 heavy (non-hydrogen) atoms. The number of benzene rings is 2. The molecule has 5 N–H and O–H groups in total. The van der Waals surface area contributed by atoms with E-state index in [0.29, 0.717) is 0 Å². The third-order valence-electron chi connectivity index (χ3n) is 5.22. The zero-order chi connectivity index (χ0) is 23.0. The Balaban J connectivity index is 2.23. The number of carboxylic acids is 1. The van der Waals surface area contributed by atoms with E-state index >= 15 is 0 Å². The molecule has 0 spiro atoms. The van der Waals surface area contributed by atoms with Gasteiger partial charge in [0.15, 0.2) is 0 Å². The van der Waals surface area contributed by atoms with Gasteiger partial charge in [-0.05, 0) is 23.5 Å². The first-order chi connectivity index (χ1) is 14.6. The second-order valence-corrected chi connectivity index (χ2v) is 10.6. The molecule has 2 aromatic carbocycles. The molecule has 8 heteroatoms. The number of amides is 1. The summed E-state index contributed by atoms with van der Waals surface area (Å²) in [6, 6.07) is 17.0. The van der Waals surface area contributed by atoms with Crippen molar-refractivity contribution in [3.8, 4) is 0 Å². The average molecular weight is 446 g/mol. The average Bonchev–Trinajstić information content (AvgIpc) is 2.73. The third kappa shape index (κ3) is 7.62. The topological polar surface area (TPSA) is 130 Å². The summed E-state index contributed by atoms with van der Waals surface area (Å²) in [5, 5.41) is 12.2. The molecule has 0 aliphatic rings. The second-order valence-electron chi connectivity index (χ2n) is 8.15. The summed E-state index contributed by atoms with van der Waals surface area (Å²) >= 11 is 0. The molecule has 0 aromatic heterocycles. The van der Waals surface area contributed by atoms with Crippen molar-refractivity contribution in [2.75, 3.05) is 6.16 Å². The van der Waals surface area contributed by atoms with Gasteiger partial charge in [0, 0.05) is 12.6 Å². The lowest BCUT2D eigenvalue weighted by atomic mass is 9.99. The summed E-state index contributed by atoms with van der Waals surface area (Å²) in [5.41, 5.74) is 7.53. The van der Waals surface area contributed by atoms with Gasteiger partial charge in [0.1, 0.15) is 6.04 Å².